The molecule has 7 N–H and O–H groups in total. The third-order valence-electron chi connectivity index (χ3n) is 7.18. The normalized spacial score (nSPS) is 27.3. The number of aliphatic hydroxyl groups excluding tert-OH is 6. The SMILES string of the molecule is CCCCCCCCCCCCCCCCCC(=O)OCC(O)COP(=O)(O)OC1C(O)C(O)C(O)C(O)C1O. The van der Waals surface area contributed by atoms with E-state index < -0.39 is 69.7 Å². The molecule has 40 heavy (non-hydrogen) atoms. The van der Waals surface area contributed by atoms with Gasteiger partial charge in [0, 0.05) is 6.42 Å². The molecule has 6 atom stereocenters. The van der Waals surface area contributed by atoms with Gasteiger partial charge in [-0.3, -0.25) is 13.8 Å². The number of hydrogen-bond acceptors (Lipinski definition) is 11. The number of ether oxygens (including phenoxy) is 1. The molecule has 0 aromatic rings. The summed E-state index contributed by atoms with van der Waals surface area (Å²) in [6.45, 7) is 0.989. The molecule has 0 aliphatic heterocycles. The zero-order chi connectivity index (χ0) is 30.0. The van der Waals surface area contributed by atoms with Crippen LogP contribution in [0.25, 0.3) is 0 Å². The molecule has 0 saturated heterocycles. The van der Waals surface area contributed by atoms with E-state index in [2.05, 4.69) is 16.0 Å². The fraction of sp³-hybridized carbons (Fsp3) is 0.963. The van der Waals surface area contributed by atoms with E-state index in [1.54, 1.807) is 0 Å². The number of rotatable bonds is 23. The number of aliphatic hydroxyl groups is 6. The Morgan fingerprint density at radius 2 is 1.07 bits per heavy atom. The zero-order valence-corrected chi connectivity index (χ0v) is 24.8. The van der Waals surface area contributed by atoms with E-state index in [1.165, 1.54) is 70.6 Å². The van der Waals surface area contributed by atoms with Crippen LogP contribution in [0.15, 0.2) is 0 Å². The summed E-state index contributed by atoms with van der Waals surface area (Å²) in [5.41, 5.74) is 0. The third kappa shape index (κ3) is 15.5. The van der Waals surface area contributed by atoms with Crippen LogP contribution in [0, 0.1) is 0 Å². The van der Waals surface area contributed by atoms with E-state index in [1.807, 2.05) is 0 Å². The number of phosphoric acid groups is 1. The van der Waals surface area contributed by atoms with Crippen molar-refractivity contribution >= 4 is 13.8 Å². The Hall–Kier alpha value is -0.660. The fourth-order valence-electron chi connectivity index (χ4n) is 4.64. The molecule has 12 nitrogen and oxygen atoms in total. The van der Waals surface area contributed by atoms with Crippen molar-refractivity contribution in [3.63, 3.8) is 0 Å². The Morgan fingerprint density at radius 1 is 0.675 bits per heavy atom. The van der Waals surface area contributed by atoms with E-state index in [9.17, 15) is 44.9 Å². The Kier molecular flexibility index (Phi) is 19.7. The lowest BCUT2D eigenvalue weighted by Crippen LogP contribution is -2.64. The second-order valence-corrected chi connectivity index (χ2v) is 12.2. The largest absolute Gasteiger partial charge is 0.472 e. The van der Waals surface area contributed by atoms with Crippen molar-refractivity contribution < 1.29 is 58.7 Å². The number of esters is 1. The summed E-state index contributed by atoms with van der Waals surface area (Å²) in [7, 11) is -4.98. The molecule has 1 saturated carbocycles. The smallest absolute Gasteiger partial charge is 0.463 e. The monoisotopic (exact) mass is 600 g/mol. The number of carbonyl (C=O) groups excluding carboxylic acids is 1. The quantitative estimate of drug-likeness (QED) is 0.0513. The molecule has 1 fully saturated rings. The lowest BCUT2D eigenvalue weighted by Gasteiger charge is -2.41. The van der Waals surface area contributed by atoms with Crippen LogP contribution in [-0.4, -0.2) is 97.4 Å². The van der Waals surface area contributed by atoms with Gasteiger partial charge in [-0.1, -0.05) is 96.8 Å². The van der Waals surface area contributed by atoms with Crippen molar-refractivity contribution in [3.05, 3.63) is 0 Å². The van der Waals surface area contributed by atoms with Crippen LogP contribution >= 0.6 is 7.82 Å². The van der Waals surface area contributed by atoms with Gasteiger partial charge in [0.15, 0.2) is 0 Å². The van der Waals surface area contributed by atoms with Gasteiger partial charge < -0.3 is 40.3 Å². The molecule has 0 heterocycles. The second kappa shape index (κ2) is 21.1. The number of carbonyl (C=O) groups is 1. The maximum absolute atomic E-state index is 12.1. The Balaban J connectivity index is 2.06. The molecule has 0 amide bonds. The predicted octanol–water partition coefficient (Wildman–Crippen LogP) is 2.47. The molecule has 1 aliphatic rings. The first-order chi connectivity index (χ1) is 19.0. The molecule has 0 radical (unpaired) electrons. The summed E-state index contributed by atoms with van der Waals surface area (Å²) in [6, 6.07) is 0. The highest BCUT2D eigenvalue weighted by Crippen LogP contribution is 2.47. The van der Waals surface area contributed by atoms with Crippen LogP contribution in [0.1, 0.15) is 110 Å². The predicted molar refractivity (Wildman–Crippen MR) is 147 cm³/mol. The van der Waals surface area contributed by atoms with Crippen LogP contribution in [0.3, 0.4) is 0 Å². The molecule has 1 aliphatic carbocycles. The van der Waals surface area contributed by atoms with Crippen LogP contribution in [0.5, 0.6) is 0 Å². The molecule has 0 aromatic carbocycles. The second-order valence-electron chi connectivity index (χ2n) is 10.8. The van der Waals surface area contributed by atoms with Crippen molar-refractivity contribution in [2.24, 2.45) is 0 Å². The summed E-state index contributed by atoms with van der Waals surface area (Å²) in [5, 5.41) is 58.5. The van der Waals surface area contributed by atoms with E-state index in [-0.39, 0.29) is 6.42 Å². The molecule has 1 rings (SSSR count). The average Bonchev–Trinajstić information content (AvgIpc) is 2.93. The van der Waals surface area contributed by atoms with Gasteiger partial charge in [0.05, 0.1) is 6.61 Å². The number of hydrogen-bond donors (Lipinski definition) is 7. The maximum Gasteiger partial charge on any atom is 0.472 e. The van der Waals surface area contributed by atoms with Crippen molar-refractivity contribution in [3.8, 4) is 0 Å². The summed E-state index contributed by atoms with van der Waals surface area (Å²) in [4.78, 5) is 21.7. The molecular weight excluding hydrogens is 547 g/mol. The summed E-state index contributed by atoms with van der Waals surface area (Å²) in [5.74, 6) is -0.507. The first-order valence-electron chi connectivity index (χ1n) is 14.9. The molecule has 238 valence electrons. The fourth-order valence-corrected chi connectivity index (χ4v) is 5.61. The van der Waals surface area contributed by atoms with Crippen molar-refractivity contribution in [2.45, 2.75) is 152 Å². The molecule has 6 unspecified atom stereocenters. The Labute approximate surface area is 238 Å². The molecule has 0 bridgehead atoms. The summed E-state index contributed by atoms with van der Waals surface area (Å²) in [6.07, 6.45) is 5.23. The Bertz CT molecular complexity index is 695. The van der Waals surface area contributed by atoms with Crippen molar-refractivity contribution in [2.75, 3.05) is 13.2 Å². The lowest BCUT2D eigenvalue weighted by atomic mass is 9.85. The summed E-state index contributed by atoms with van der Waals surface area (Å²) >= 11 is 0. The van der Waals surface area contributed by atoms with Crippen LogP contribution in [-0.2, 0) is 23.1 Å². The highest BCUT2D eigenvalue weighted by Gasteiger charge is 2.51. The molecule has 0 spiro atoms. The van der Waals surface area contributed by atoms with Gasteiger partial charge in [-0.25, -0.2) is 4.57 Å². The number of phosphoric ester groups is 1. The van der Waals surface area contributed by atoms with E-state index in [0.29, 0.717) is 6.42 Å². The van der Waals surface area contributed by atoms with Crippen LogP contribution in [0.2, 0.25) is 0 Å². The summed E-state index contributed by atoms with van der Waals surface area (Å²) < 4.78 is 26.3. The van der Waals surface area contributed by atoms with Crippen molar-refractivity contribution in [1.29, 1.82) is 0 Å². The maximum atomic E-state index is 12.1. The minimum Gasteiger partial charge on any atom is -0.463 e. The van der Waals surface area contributed by atoms with Gasteiger partial charge in [-0.2, -0.15) is 0 Å². The van der Waals surface area contributed by atoms with Gasteiger partial charge in [0.1, 0.15) is 49.3 Å². The minimum absolute atomic E-state index is 0.196. The minimum atomic E-state index is -4.98. The molecular formula is C27H53O12P. The molecule has 13 heteroatoms. The Morgan fingerprint density at radius 3 is 1.52 bits per heavy atom. The number of unbranched alkanes of at least 4 members (excludes halogenated alkanes) is 14. The topological polar surface area (TPSA) is 203 Å². The van der Waals surface area contributed by atoms with Gasteiger partial charge in [0.2, 0.25) is 0 Å². The van der Waals surface area contributed by atoms with Gasteiger partial charge in [-0.05, 0) is 6.42 Å². The molecule has 0 aromatic heterocycles. The van der Waals surface area contributed by atoms with E-state index in [0.717, 1.165) is 19.3 Å². The van der Waals surface area contributed by atoms with Gasteiger partial charge >= 0.3 is 13.8 Å². The third-order valence-corrected chi connectivity index (χ3v) is 8.16. The first kappa shape index (κ1) is 37.4. The zero-order valence-electron chi connectivity index (χ0n) is 23.9. The van der Waals surface area contributed by atoms with Gasteiger partial charge in [0.25, 0.3) is 0 Å². The van der Waals surface area contributed by atoms with Crippen LogP contribution < -0.4 is 0 Å². The van der Waals surface area contributed by atoms with Crippen molar-refractivity contribution in [1.82, 2.24) is 0 Å². The standard InChI is InChI=1S/C27H53O12P/c1-2-3-4-5-6-7-8-9-10-11-12-13-14-15-16-17-21(29)37-18-20(28)19-38-40(35,36)39-27-25(33)23(31)22(30)24(32)26(27)34/h20,22-28,30-34H,2-19H2,1H3,(H,35,36). The van der Waals surface area contributed by atoms with Crippen LogP contribution in [0.4, 0.5) is 0 Å². The highest BCUT2D eigenvalue weighted by atomic mass is 31.2. The van der Waals surface area contributed by atoms with E-state index >= 15 is 0 Å². The van der Waals surface area contributed by atoms with E-state index in [4.69, 9.17) is 4.74 Å². The van der Waals surface area contributed by atoms with Gasteiger partial charge in [-0.15, -0.1) is 0 Å². The lowest BCUT2D eigenvalue weighted by molar-refractivity contribution is -0.220. The highest BCUT2D eigenvalue weighted by molar-refractivity contribution is 7.47. The average molecular weight is 601 g/mol. The first-order valence-corrected chi connectivity index (χ1v) is 16.4.